The first-order valence-corrected chi connectivity index (χ1v) is 9.64. The number of anilines is 2. The molecule has 0 atom stereocenters. The summed E-state index contributed by atoms with van der Waals surface area (Å²) in [6.07, 6.45) is 1.72. The van der Waals surface area contributed by atoms with Crippen LogP contribution in [0.25, 0.3) is 0 Å². The normalized spacial score (nSPS) is 14.3. The van der Waals surface area contributed by atoms with Gasteiger partial charge in [-0.2, -0.15) is 0 Å². The molecule has 0 bridgehead atoms. The average molecular weight is 411 g/mol. The van der Waals surface area contributed by atoms with Crippen LogP contribution >= 0.6 is 23.2 Å². The van der Waals surface area contributed by atoms with E-state index in [4.69, 9.17) is 27.9 Å². The summed E-state index contributed by atoms with van der Waals surface area (Å²) >= 11 is 11.9. The van der Waals surface area contributed by atoms with E-state index in [1.54, 1.807) is 18.2 Å². The maximum Gasteiger partial charge on any atom is 0.224 e. The topological polar surface area (TPSA) is 41.6 Å². The molecule has 4 nitrogen and oxygen atoms in total. The molecule has 1 aliphatic heterocycles. The lowest BCUT2D eigenvalue weighted by Crippen LogP contribution is -2.36. The second-order valence-electron chi connectivity index (χ2n) is 6.42. The quantitative estimate of drug-likeness (QED) is 0.733. The van der Waals surface area contributed by atoms with Crippen molar-refractivity contribution < 1.29 is 13.9 Å². The maximum atomic E-state index is 14.4. The Kier molecular flexibility index (Phi) is 6.94. The highest BCUT2D eigenvalue weighted by atomic mass is 35.5. The first kappa shape index (κ1) is 19.9. The number of carbonyl (C=O) groups is 1. The minimum Gasteiger partial charge on any atom is -0.378 e. The van der Waals surface area contributed by atoms with Crippen LogP contribution in [-0.2, 0) is 16.0 Å². The van der Waals surface area contributed by atoms with Gasteiger partial charge in [0.05, 0.1) is 28.9 Å². The van der Waals surface area contributed by atoms with E-state index in [1.807, 2.05) is 17.0 Å². The molecule has 27 heavy (non-hydrogen) atoms. The highest BCUT2D eigenvalue weighted by Crippen LogP contribution is 2.25. The molecular weight excluding hydrogens is 390 g/mol. The first-order valence-electron chi connectivity index (χ1n) is 8.89. The van der Waals surface area contributed by atoms with Crippen molar-refractivity contribution in [2.45, 2.75) is 19.3 Å². The van der Waals surface area contributed by atoms with Gasteiger partial charge in [-0.25, -0.2) is 4.39 Å². The fourth-order valence-corrected chi connectivity index (χ4v) is 3.34. The van der Waals surface area contributed by atoms with Gasteiger partial charge < -0.3 is 15.0 Å². The molecule has 1 aliphatic rings. The van der Waals surface area contributed by atoms with Crippen molar-refractivity contribution in [3.05, 3.63) is 57.8 Å². The number of amides is 1. The zero-order valence-electron chi connectivity index (χ0n) is 14.8. The minimum absolute atomic E-state index is 0.145. The smallest absolute Gasteiger partial charge is 0.224 e. The number of nitrogens with one attached hydrogen (secondary N) is 1. The Morgan fingerprint density at radius 3 is 2.59 bits per heavy atom. The molecular formula is C20H21Cl2FN2O2. The molecule has 1 amide bonds. The number of halogens is 3. The zero-order chi connectivity index (χ0) is 19.2. The Bertz CT molecular complexity index is 811. The summed E-state index contributed by atoms with van der Waals surface area (Å²) in [5, 5.41) is 3.77. The molecule has 0 saturated carbocycles. The third kappa shape index (κ3) is 5.58. The van der Waals surface area contributed by atoms with E-state index >= 15 is 0 Å². The van der Waals surface area contributed by atoms with Crippen LogP contribution in [0.15, 0.2) is 36.4 Å². The van der Waals surface area contributed by atoms with E-state index in [0.29, 0.717) is 67.0 Å². The second kappa shape index (κ2) is 9.40. The van der Waals surface area contributed by atoms with Gasteiger partial charge in [0.1, 0.15) is 5.82 Å². The average Bonchev–Trinajstić information content (AvgIpc) is 2.65. The molecule has 0 aromatic heterocycles. The van der Waals surface area contributed by atoms with Crippen molar-refractivity contribution in [2.24, 2.45) is 0 Å². The van der Waals surface area contributed by atoms with Crippen LogP contribution in [-0.4, -0.2) is 32.2 Å². The minimum atomic E-state index is -0.342. The molecule has 0 spiro atoms. The Morgan fingerprint density at radius 1 is 1.11 bits per heavy atom. The fraction of sp³-hybridized carbons (Fsp3) is 0.350. The van der Waals surface area contributed by atoms with E-state index in [1.165, 1.54) is 6.07 Å². The molecule has 2 aromatic carbocycles. The number of carbonyl (C=O) groups excluding carboxylic acids is 1. The Hall–Kier alpha value is -1.82. The van der Waals surface area contributed by atoms with Crippen molar-refractivity contribution in [2.75, 3.05) is 36.5 Å². The number of hydrogen-bond acceptors (Lipinski definition) is 3. The van der Waals surface area contributed by atoms with Crippen LogP contribution in [0.3, 0.4) is 0 Å². The van der Waals surface area contributed by atoms with E-state index < -0.39 is 0 Å². The van der Waals surface area contributed by atoms with E-state index in [2.05, 4.69) is 5.32 Å². The lowest BCUT2D eigenvalue weighted by Gasteiger charge is -2.29. The van der Waals surface area contributed by atoms with Crippen molar-refractivity contribution >= 4 is 40.5 Å². The Balaban J connectivity index is 1.50. The Labute approximate surface area is 168 Å². The number of nitrogens with zero attached hydrogens (tertiary/aromatic N) is 1. The van der Waals surface area contributed by atoms with Gasteiger partial charge in [0.15, 0.2) is 0 Å². The molecule has 2 aromatic rings. The lowest BCUT2D eigenvalue weighted by atomic mass is 10.1. The van der Waals surface area contributed by atoms with Gasteiger partial charge in [0, 0.05) is 25.2 Å². The summed E-state index contributed by atoms with van der Waals surface area (Å²) in [5.41, 5.74) is 2.03. The van der Waals surface area contributed by atoms with Gasteiger partial charge in [-0.05, 0) is 48.7 Å². The van der Waals surface area contributed by atoms with E-state index in [-0.39, 0.29) is 11.7 Å². The monoisotopic (exact) mass is 410 g/mol. The number of ether oxygens (including phenoxy) is 1. The molecule has 1 N–H and O–H groups in total. The van der Waals surface area contributed by atoms with Gasteiger partial charge in [-0.3, -0.25) is 4.79 Å². The molecule has 0 unspecified atom stereocenters. The maximum absolute atomic E-state index is 14.4. The van der Waals surface area contributed by atoms with Crippen LogP contribution in [0, 0.1) is 5.82 Å². The lowest BCUT2D eigenvalue weighted by molar-refractivity contribution is -0.116. The third-order valence-electron chi connectivity index (χ3n) is 4.44. The summed E-state index contributed by atoms with van der Waals surface area (Å²) in [4.78, 5) is 14.1. The van der Waals surface area contributed by atoms with Gasteiger partial charge in [-0.1, -0.05) is 29.3 Å². The number of benzene rings is 2. The number of morpholine rings is 1. The van der Waals surface area contributed by atoms with Crippen LogP contribution in [0.1, 0.15) is 18.4 Å². The predicted octanol–water partition coefficient (Wildman–Crippen LogP) is 4.93. The van der Waals surface area contributed by atoms with Crippen molar-refractivity contribution in [1.29, 1.82) is 0 Å². The van der Waals surface area contributed by atoms with Crippen LogP contribution < -0.4 is 10.2 Å². The Morgan fingerprint density at radius 2 is 1.89 bits per heavy atom. The molecule has 1 fully saturated rings. The molecule has 144 valence electrons. The predicted molar refractivity (Wildman–Crippen MR) is 107 cm³/mol. The highest BCUT2D eigenvalue weighted by molar-refractivity contribution is 6.42. The summed E-state index contributed by atoms with van der Waals surface area (Å²) in [7, 11) is 0. The SMILES string of the molecule is O=C(CCCc1ccc(Cl)c(Cl)c1)Nc1ccc(N2CCOCC2)c(F)c1. The summed E-state index contributed by atoms with van der Waals surface area (Å²) in [5.74, 6) is -0.487. The summed E-state index contributed by atoms with van der Waals surface area (Å²) < 4.78 is 19.7. The molecule has 0 radical (unpaired) electrons. The van der Waals surface area contributed by atoms with Crippen molar-refractivity contribution in [1.82, 2.24) is 0 Å². The summed E-state index contributed by atoms with van der Waals surface area (Å²) in [6, 6.07) is 10.2. The third-order valence-corrected chi connectivity index (χ3v) is 5.18. The number of hydrogen-bond donors (Lipinski definition) is 1. The van der Waals surface area contributed by atoms with Crippen LogP contribution in [0.4, 0.5) is 15.8 Å². The van der Waals surface area contributed by atoms with Crippen molar-refractivity contribution in [3.8, 4) is 0 Å². The molecule has 3 rings (SSSR count). The van der Waals surface area contributed by atoms with E-state index in [9.17, 15) is 9.18 Å². The zero-order valence-corrected chi connectivity index (χ0v) is 16.3. The first-order chi connectivity index (χ1) is 13.0. The van der Waals surface area contributed by atoms with Crippen LogP contribution in [0.2, 0.25) is 10.0 Å². The molecule has 0 aliphatic carbocycles. The standard InChI is InChI=1S/C20H21Cl2FN2O2/c21-16-6-4-14(12-17(16)22)2-1-3-20(26)24-15-5-7-19(18(23)13-15)25-8-10-27-11-9-25/h4-7,12-13H,1-3,8-11H2,(H,24,26). The molecule has 7 heteroatoms. The molecule has 1 heterocycles. The van der Waals surface area contributed by atoms with Gasteiger partial charge >= 0.3 is 0 Å². The van der Waals surface area contributed by atoms with Crippen LogP contribution in [0.5, 0.6) is 0 Å². The van der Waals surface area contributed by atoms with Gasteiger partial charge in [-0.15, -0.1) is 0 Å². The second-order valence-corrected chi connectivity index (χ2v) is 7.23. The van der Waals surface area contributed by atoms with Gasteiger partial charge in [0.2, 0.25) is 5.91 Å². The van der Waals surface area contributed by atoms with Crippen molar-refractivity contribution in [3.63, 3.8) is 0 Å². The summed E-state index contributed by atoms with van der Waals surface area (Å²) in [6.45, 7) is 2.52. The fourth-order valence-electron chi connectivity index (χ4n) is 3.02. The molecule has 1 saturated heterocycles. The van der Waals surface area contributed by atoms with E-state index in [0.717, 1.165) is 5.56 Å². The van der Waals surface area contributed by atoms with Gasteiger partial charge in [0.25, 0.3) is 0 Å². The highest BCUT2D eigenvalue weighted by Gasteiger charge is 2.15. The largest absolute Gasteiger partial charge is 0.378 e. The number of aryl methyl sites for hydroxylation is 1. The number of rotatable bonds is 6.